The summed E-state index contributed by atoms with van der Waals surface area (Å²) in [6.07, 6.45) is -4.85. The van der Waals surface area contributed by atoms with Gasteiger partial charge in [-0.15, -0.1) is 0 Å². The first-order valence-electron chi connectivity index (χ1n) is 6.72. The molecule has 0 saturated carbocycles. The number of nitriles is 1. The zero-order chi connectivity index (χ0) is 19.5. The number of hydrogen-bond donors (Lipinski definition) is 0. The van der Waals surface area contributed by atoms with Crippen molar-refractivity contribution in [2.24, 2.45) is 0 Å². The molecule has 0 saturated heterocycles. The van der Waals surface area contributed by atoms with Gasteiger partial charge in [-0.3, -0.25) is 9.19 Å². The fourth-order valence-corrected chi connectivity index (χ4v) is 2.40. The molecule has 1 aromatic carbocycles. The van der Waals surface area contributed by atoms with Crippen LogP contribution in [-0.2, 0) is 11.1 Å². The van der Waals surface area contributed by atoms with Gasteiger partial charge in [-0.2, -0.15) is 27.2 Å². The van der Waals surface area contributed by atoms with E-state index < -0.39 is 29.8 Å². The van der Waals surface area contributed by atoms with Crippen molar-refractivity contribution in [2.45, 2.75) is 17.0 Å². The second-order valence-electron chi connectivity index (χ2n) is 4.93. The van der Waals surface area contributed by atoms with Gasteiger partial charge < -0.3 is 9.29 Å². The predicted octanol–water partition coefficient (Wildman–Crippen LogP) is 3.43. The largest absolute Gasteiger partial charge is 0.768 e. The number of hydrogen-bond acceptors (Lipinski definition) is 5. The summed E-state index contributed by atoms with van der Waals surface area (Å²) < 4.78 is 88.8. The first-order chi connectivity index (χ1) is 12.0. The SMILES string of the molecule is N#Cc1ccc(-c2ccc(OCC(F)(F)C(F)(F)F)cn2)c(S(=O)[O-])c1. The minimum absolute atomic E-state index is 0.0993. The summed E-state index contributed by atoms with van der Waals surface area (Å²) in [5.74, 6) is -5.37. The maximum atomic E-state index is 12.8. The van der Waals surface area contributed by atoms with Gasteiger partial charge in [0.25, 0.3) is 0 Å². The highest BCUT2D eigenvalue weighted by Crippen LogP contribution is 2.36. The van der Waals surface area contributed by atoms with E-state index in [4.69, 9.17) is 5.26 Å². The molecule has 0 aliphatic carbocycles. The highest BCUT2D eigenvalue weighted by Gasteiger charge is 2.58. The Morgan fingerprint density at radius 3 is 2.38 bits per heavy atom. The van der Waals surface area contributed by atoms with Crippen LogP contribution in [0.1, 0.15) is 5.56 Å². The summed E-state index contributed by atoms with van der Waals surface area (Å²) in [4.78, 5) is 3.59. The highest BCUT2D eigenvalue weighted by atomic mass is 32.2. The van der Waals surface area contributed by atoms with E-state index in [9.17, 15) is 30.7 Å². The highest BCUT2D eigenvalue weighted by molar-refractivity contribution is 7.79. The van der Waals surface area contributed by atoms with Gasteiger partial charge in [0.05, 0.1) is 23.5 Å². The van der Waals surface area contributed by atoms with Crippen LogP contribution in [-0.4, -0.2) is 32.5 Å². The molecule has 26 heavy (non-hydrogen) atoms. The lowest BCUT2D eigenvalue weighted by Crippen LogP contribution is -2.41. The zero-order valence-electron chi connectivity index (χ0n) is 12.6. The molecule has 1 heterocycles. The van der Waals surface area contributed by atoms with Crippen molar-refractivity contribution in [3.63, 3.8) is 0 Å². The molecule has 1 aromatic heterocycles. The fourth-order valence-electron chi connectivity index (χ4n) is 1.82. The first-order valence-corrected chi connectivity index (χ1v) is 7.80. The summed E-state index contributed by atoms with van der Waals surface area (Å²) in [5, 5.41) is 8.80. The molecule has 2 aromatic rings. The van der Waals surface area contributed by atoms with Crippen molar-refractivity contribution < 1.29 is 35.5 Å². The van der Waals surface area contributed by atoms with Gasteiger partial charge in [-0.05, 0) is 35.3 Å². The number of benzene rings is 1. The van der Waals surface area contributed by atoms with E-state index in [1.807, 2.05) is 0 Å². The third-order valence-corrected chi connectivity index (χ3v) is 3.83. The van der Waals surface area contributed by atoms with Crippen LogP contribution >= 0.6 is 0 Å². The van der Waals surface area contributed by atoms with Gasteiger partial charge in [0.1, 0.15) is 5.75 Å². The molecule has 0 amide bonds. The molecule has 11 heteroatoms. The van der Waals surface area contributed by atoms with E-state index in [1.54, 1.807) is 6.07 Å². The Bertz CT molecular complexity index is 863. The molecule has 0 aliphatic rings. The summed E-state index contributed by atoms with van der Waals surface area (Å²) in [6.45, 7) is -1.91. The van der Waals surface area contributed by atoms with Crippen LogP contribution in [0.3, 0.4) is 0 Å². The normalized spacial score (nSPS) is 13.1. The van der Waals surface area contributed by atoms with Crippen LogP contribution in [0, 0.1) is 11.3 Å². The maximum Gasteiger partial charge on any atom is 0.456 e. The van der Waals surface area contributed by atoms with Gasteiger partial charge in [0.2, 0.25) is 0 Å². The van der Waals surface area contributed by atoms with E-state index in [1.165, 1.54) is 18.2 Å². The van der Waals surface area contributed by atoms with Crippen LogP contribution < -0.4 is 4.74 Å². The van der Waals surface area contributed by atoms with Gasteiger partial charge in [0, 0.05) is 10.5 Å². The Morgan fingerprint density at radius 1 is 1.19 bits per heavy atom. The molecule has 1 atom stereocenters. The number of ether oxygens (including phenoxy) is 1. The lowest BCUT2D eigenvalue weighted by Gasteiger charge is -2.19. The van der Waals surface area contributed by atoms with E-state index in [-0.39, 0.29) is 27.5 Å². The zero-order valence-corrected chi connectivity index (χ0v) is 13.4. The van der Waals surface area contributed by atoms with Gasteiger partial charge in [0.15, 0.2) is 6.61 Å². The lowest BCUT2D eigenvalue weighted by molar-refractivity contribution is -0.290. The maximum absolute atomic E-state index is 12.8. The van der Waals surface area contributed by atoms with Gasteiger partial charge >= 0.3 is 12.1 Å². The minimum atomic E-state index is -5.74. The van der Waals surface area contributed by atoms with Crippen LogP contribution in [0.25, 0.3) is 11.3 Å². The Labute approximate surface area is 146 Å². The topological polar surface area (TPSA) is 86.0 Å². The quantitative estimate of drug-likeness (QED) is 0.576. The molecule has 138 valence electrons. The van der Waals surface area contributed by atoms with Crippen molar-refractivity contribution in [1.29, 1.82) is 5.26 Å². The molecular weight excluding hydrogens is 383 g/mol. The smallest absolute Gasteiger partial charge is 0.456 e. The molecule has 5 nitrogen and oxygen atoms in total. The Kier molecular flexibility index (Phi) is 5.58. The van der Waals surface area contributed by atoms with Crippen molar-refractivity contribution in [3.05, 3.63) is 42.1 Å². The molecule has 0 spiro atoms. The van der Waals surface area contributed by atoms with Crippen LogP contribution in [0.2, 0.25) is 0 Å². The summed E-state index contributed by atoms with van der Waals surface area (Å²) in [7, 11) is 0. The number of alkyl halides is 5. The molecule has 0 N–H and O–H groups in total. The average Bonchev–Trinajstić information content (AvgIpc) is 2.59. The van der Waals surface area contributed by atoms with Crippen molar-refractivity contribution in [3.8, 4) is 23.1 Å². The van der Waals surface area contributed by atoms with Crippen molar-refractivity contribution >= 4 is 11.1 Å². The third kappa shape index (κ3) is 4.33. The minimum Gasteiger partial charge on any atom is -0.768 e. The number of nitrogens with zero attached hydrogens (tertiary/aromatic N) is 2. The number of pyridine rings is 1. The number of rotatable bonds is 5. The molecule has 0 fully saturated rings. The summed E-state index contributed by atoms with van der Waals surface area (Å²) in [6, 6.07) is 7.84. The van der Waals surface area contributed by atoms with Gasteiger partial charge in [-0.1, -0.05) is 6.07 Å². The van der Waals surface area contributed by atoms with Gasteiger partial charge in [-0.25, -0.2) is 0 Å². The monoisotopic (exact) mass is 391 g/mol. The average molecular weight is 391 g/mol. The van der Waals surface area contributed by atoms with E-state index in [2.05, 4.69) is 9.72 Å². The third-order valence-electron chi connectivity index (χ3n) is 3.14. The van der Waals surface area contributed by atoms with E-state index in [0.29, 0.717) is 0 Å². The number of halogens is 5. The Balaban J connectivity index is 2.23. The Hall–Kier alpha value is -2.58. The summed E-state index contributed by atoms with van der Waals surface area (Å²) >= 11 is -2.68. The van der Waals surface area contributed by atoms with Crippen LogP contribution in [0.15, 0.2) is 41.4 Å². The van der Waals surface area contributed by atoms with Crippen LogP contribution in [0.4, 0.5) is 22.0 Å². The van der Waals surface area contributed by atoms with Crippen molar-refractivity contribution in [1.82, 2.24) is 4.98 Å². The first kappa shape index (κ1) is 19.7. The molecule has 1 unspecified atom stereocenters. The molecule has 0 bridgehead atoms. The number of aromatic nitrogens is 1. The van der Waals surface area contributed by atoms with E-state index >= 15 is 0 Å². The van der Waals surface area contributed by atoms with Crippen LogP contribution in [0.5, 0.6) is 5.75 Å². The predicted molar refractivity (Wildman–Crippen MR) is 78.1 cm³/mol. The van der Waals surface area contributed by atoms with Crippen molar-refractivity contribution in [2.75, 3.05) is 6.61 Å². The lowest BCUT2D eigenvalue weighted by atomic mass is 10.1. The van der Waals surface area contributed by atoms with E-state index in [0.717, 1.165) is 18.3 Å². The standard InChI is InChI=1S/C15H9F5N2O3S/c16-14(17,15(18,19)20)8-25-10-2-4-12(22-7-10)11-3-1-9(6-21)5-13(11)26(23)24/h1-5,7H,8H2,(H,23,24)/p-1. The second kappa shape index (κ2) is 7.35. The summed E-state index contributed by atoms with van der Waals surface area (Å²) in [5.41, 5.74) is 0.329. The molecule has 2 rings (SSSR count). The Morgan fingerprint density at radius 2 is 1.88 bits per heavy atom. The molecule has 0 aliphatic heterocycles. The second-order valence-corrected chi connectivity index (χ2v) is 5.84. The molecular formula is C15H8F5N2O3S-. The fraction of sp³-hybridized carbons (Fsp3) is 0.200. The molecule has 0 radical (unpaired) electrons.